The van der Waals surface area contributed by atoms with Gasteiger partial charge in [0.25, 0.3) is 0 Å². The summed E-state index contributed by atoms with van der Waals surface area (Å²) in [6.07, 6.45) is 3.21. The highest BCUT2D eigenvalue weighted by Gasteiger charge is 2.25. The lowest BCUT2D eigenvalue weighted by Gasteiger charge is -2.34. The molecule has 1 saturated heterocycles. The van der Waals surface area contributed by atoms with Crippen molar-refractivity contribution in [3.8, 4) is 0 Å². The predicted octanol–water partition coefficient (Wildman–Crippen LogP) is 2.34. The van der Waals surface area contributed by atoms with Crippen molar-refractivity contribution in [3.63, 3.8) is 0 Å². The van der Waals surface area contributed by atoms with E-state index in [1.54, 1.807) is 7.11 Å². The summed E-state index contributed by atoms with van der Waals surface area (Å²) in [6, 6.07) is 0.0979. The Morgan fingerprint density at radius 3 is 2.56 bits per heavy atom. The van der Waals surface area contributed by atoms with Gasteiger partial charge in [-0.15, -0.1) is 0 Å². The first-order valence-corrected chi connectivity index (χ1v) is 7.75. The molecule has 1 aliphatic heterocycles. The Bertz CT molecular complexity index is 241. The molecule has 0 aromatic rings. The number of hydrogen-bond donors (Lipinski definition) is 1. The van der Waals surface area contributed by atoms with Gasteiger partial charge in [-0.2, -0.15) is 11.8 Å². The van der Waals surface area contributed by atoms with Gasteiger partial charge in [0, 0.05) is 43.9 Å². The first kappa shape index (κ1) is 15.6. The van der Waals surface area contributed by atoms with Crippen LogP contribution in [0.1, 0.15) is 33.1 Å². The summed E-state index contributed by atoms with van der Waals surface area (Å²) in [5.74, 6) is 0. The van der Waals surface area contributed by atoms with Crippen LogP contribution in [0.5, 0.6) is 0 Å². The predicted molar refractivity (Wildman–Crippen MR) is 77.2 cm³/mol. The molecule has 2 atom stereocenters. The minimum Gasteiger partial charge on any atom is -0.385 e. The van der Waals surface area contributed by atoms with E-state index < -0.39 is 0 Å². The van der Waals surface area contributed by atoms with E-state index in [2.05, 4.69) is 19.2 Å². The lowest BCUT2D eigenvalue weighted by molar-refractivity contribution is 0.190. The summed E-state index contributed by atoms with van der Waals surface area (Å²) in [5, 5.41) is 4.09. The largest absolute Gasteiger partial charge is 0.385 e. The Hall–Kier alpha value is -0.420. The molecular formula is C13H26N2O2S. The quantitative estimate of drug-likeness (QED) is 0.756. The van der Waals surface area contributed by atoms with Crippen molar-refractivity contribution in [3.05, 3.63) is 0 Å². The number of carbonyl (C=O) groups is 1. The van der Waals surface area contributed by atoms with Crippen molar-refractivity contribution >= 4 is 17.8 Å². The molecule has 1 fully saturated rings. The highest BCUT2D eigenvalue weighted by atomic mass is 32.2. The van der Waals surface area contributed by atoms with Crippen molar-refractivity contribution in [1.29, 1.82) is 0 Å². The maximum Gasteiger partial charge on any atom is 0.317 e. The monoisotopic (exact) mass is 274 g/mol. The standard InChI is InChI=1S/C13H26N2O2S/c1-11-9-15(10-12(2)18-11)13(16)14-7-5-4-6-8-17-3/h11-12H,4-10H2,1-3H3,(H,14,16)/t11-,12-/m1/s1. The van der Waals surface area contributed by atoms with E-state index in [1.807, 2.05) is 16.7 Å². The molecule has 0 aliphatic carbocycles. The number of nitrogens with one attached hydrogen (secondary N) is 1. The second-order valence-electron chi connectivity index (χ2n) is 4.95. The van der Waals surface area contributed by atoms with Gasteiger partial charge in [0.15, 0.2) is 0 Å². The van der Waals surface area contributed by atoms with Crippen LogP contribution in [0.2, 0.25) is 0 Å². The zero-order valence-corrected chi connectivity index (χ0v) is 12.6. The normalized spacial score (nSPS) is 24.1. The molecule has 0 radical (unpaired) electrons. The maximum atomic E-state index is 12.0. The van der Waals surface area contributed by atoms with Crippen molar-refractivity contribution < 1.29 is 9.53 Å². The van der Waals surface area contributed by atoms with Crippen LogP contribution in [0.3, 0.4) is 0 Å². The van der Waals surface area contributed by atoms with E-state index in [9.17, 15) is 4.79 Å². The van der Waals surface area contributed by atoms with Gasteiger partial charge in [-0.1, -0.05) is 13.8 Å². The molecule has 0 aromatic heterocycles. The average molecular weight is 274 g/mol. The summed E-state index contributed by atoms with van der Waals surface area (Å²) in [5.41, 5.74) is 0. The van der Waals surface area contributed by atoms with E-state index in [-0.39, 0.29) is 6.03 Å². The fourth-order valence-corrected chi connectivity index (χ4v) is 3.52. The van der Waals surface area contributed by atoms with Gasteiger partial charge in [0.1, 0.15) is 0 Å². The molecule has 0 bridgehead atoms. The summed E-state index contributed by atoms with van der Waals surface area (Å²) in [6.45, 7) is 7.69. The molecule has 1 heterocycles. The highest BCUT2D eigenvalue weighted by Crippen LogP contribution is 2.24. The van der Waals surface area contributed by atoms with Gasteiger partial charge in [-0.3, -0.25) is 0 Å². The number of unbranched alkanes of at least 4 members (excludes halogenated alkanes) is 2. The van der Waals surface area contributed by atoms with Gasteiger partial charge in [0.05, 0.1) is 0 Å². The number of thioether (sulfide) groups is 1. The van der Waals surface area contributed by atoms with E-state index in [4.69, 9.17) is 4.74 Å². The summed E-state index contributed by atoms with van der Waals surface area (Å²) in [7, 11) is 1.72. The molecule has 5 heteroatoms. The molecule has 0 spiro atoms. The molecule has 1 aliphatic rings. The van der Waals surface area contributed by atoms with Crippen LogP contribution >= 0.6 is 11.8 Å². The summed E-state index contributed by atoms with van der Waals surface area (Å²) in [4.78, 5) is 13.9. The minimum atomic E-state index is 0.0979. The second-order valence-corrected chi connectivity index (χ2v) is 6.83. The highest BCUT2D eigenvalue weighted by molar-refractivity contribution is 8.00. The molecule has 4 nitrogen and oxygen atoms in total. The molecule has 0 aromatic carbocycles. The lowest BCUT2D eigenvalue weighted by atomic mass is 10.2. The van der Waals surface area contributed by atoms with E-state index in [1.165, 1.54) is 0 Å². The van der Waals surface area contributed by atoms with Crippen molar-refractivity contribution in [2.75, 3.05) is 33.4 Å². The van der Waals surface area contributed by atoms with E-state index >= 15 is 0 Å². The Kier molecular flexibility index (Phi) is 7.51. The molecule has 2 amide bonds. The molecule has 106 valence electrons. The van der Waals surface area contributed by atoms with Crippen LogP contribution in [0.4, 0.5) is 4.79 Å². The molecule has 1 N–H and O–H groups in total. The first-order chi connectivity index (χ1) is 8.63. The van der Waals surface area contributed by atoms with E-state index in [0.717, 1.165) is 45.5 Å². The van der Waals surface area contributed by atoms with Crippen LogP contribution in [0, 0.1) is 0 Å². The number of ether oxygens (including phenoxy) is 1. The van der Waals surface area contributed by atoms with Gasteiger partial charge in [-0.25, -0.2) is 4.79 Å². The second kappa shape index (κ2) is 8.64. The number of urea groups is 1. The third kappa shape index (κ3) is 5.96. The Morgan fingerprint density at radius 1 is 1.28 bits per heavy atom. The fourth-order valence-electron chi connectivity index (χ4n) is 2.20. The SMILES string of the molecule is COCCCCCNC(=O)N1C[C@@H](C)S[C@H](C)C1. The minimum absolute atomic E-state index is 0.0979. The fraction of sp³-hybridized carbons (Fsp3) is 0.923. The number of rotatable bonds is 6. The Balaban J connectivity index is 2.12. The van der Waals surface area contributed by atoms with E-state index in [0.29, 0.717) is 10.5 Å². The van der Waals surface area contributed by atoms with Crippen LogP contribution in [-0.4, -0.2) is 54.8 Å². The van der Waals surface area contributed by atoms with Gasteiger partial charge >= 0.3 is 6.03 Å². The van der Waals surface area contributed by atoms with Crippen LogP contribution in [-0.2, 0) is 4.74 Å². The number of hydrogen-bond acceptors (Lipinski definition) is 3. The molecule has 1 rings (SSSR count). The van der Waals surface area contributed by atoms with Crippen LogP contribution in [0.15, 0.2) is 0 Å². The van der Waals surface area contributed by atoms with Gasteiger partial charge < -0.3 is 15.0 Å². The third-order valence-electron chi connectivity index (χ3n) is 3.01. The Morgan fingerprint density at radius 2 is 1.94 bits per heavy atom. The molecular weight excluding hydrogens is 248 g/mol. The van der Waals surface area contributed by atoms with Crippen LogP contribution < -0.4 is 5.32 Å². The van der Waals surface area contributed by atoms with Gasteiger partial charge in [0.2, 0.25) is 0 Å². The number of amides is 2. The zero-order chi connectivity index (χ0) is 13.4. The smallest absolute Gasteiger partial charge is 0.317 e. The maximum absolute atomic E-state index is 12.0. The molecule has 18 heavy (non-hydrogen) atoms. The first-order valence-electron chi connectivity index (χ1n) is 6.80. The van der Waals surface area contributed by atoms with Crippen molar-refractivity contribution in [2.45, 2.75) is 43.6 Å². The van der Waals surface area contributed by atoms with Crippen LogP contribution in [0.25, 0.3) is 0 Å². The van der Waals surface area contributed by atoms with Gasteiger partial charge in [-0.05, 0) is 19.3 Å². The summed E-state index contributed by atoms with van der Waals surface area (Å²) >= 11 is 1.96. The molecule has 0 saturated carbocycles. The van der Waals surface area contributed by atoms with Crippen molar-refractivity contribution in [2.24, 2.45) is 0 Å². The zero-order valence-electron chi connectivity index (χ0n) is 11.8. The lowest BCUT2D eigenvalue weighted by Crippen LogP contribution is -2.48. The number of carbonyl (C=O) groups excluding carboxylic acids is 1. The average Bonchev–Trinajstić information content (AvgIpc) is 2.32. The Labute approximate surface area is 115 Å². The van der Waals surface area contributed by atoms with Crippen molar-refractivity contribution in [1.82, 2.24) is 10.2 Å². The summed E-state index contributed by atoms with van der Waals surface area (Å²) < 4.78 is 4.99. The third-order valence-corrected chi connectivity index (χ3v) is 4.24. The number of methoxy groups -OCH3 is 1. The topological polar surface area (TPSA) is 41.6 Å². The molecule has 0 unspecified atom stereocenters. The number of nitrogens with zero attached hydrogens (tertiary/aromatic N) is 1.